The first kappa shape index (κ1) is 13.1. The number of rotatable bonds is 3. The molecule has 0 heterocycles. The molecule has 0 amide bonds. The highest BCUT2D eigenvalue weighted by molar-refractivity contribution is 5.66. The van der Waals surface area contributed by atoms with E-state index >= 15 is 0 Å². The minimum atomic E-state index is 0.205. The third kappa shape index (κ3) is 3.15. The molecule has 3 rings (SSSR count). The van der Waals surface area contributed by atoms with Crippen LogP contribution in [0.15, 0.2) is 72.8 Å². The molecule has 0 aliphatic carbocycles. The van der Waals surface area contributed by atoms with Gasteiger partial charge in [0.1, 0.15) is 23.0 Å². The van der Waals surface area contributed by atoms with Crippen molar-refractivity contribution in [2.24, 2.45) is 0 Å². The second-order valence-electron chi connectivity index (χ2n) is 4.67. The van der Waals surface area contributed by atoms with Crippen molar-refractivity contribution < 1.29 is 14.9 Å². The fourth-order valence-corrected chi connectivity index (χ4v) is 2.07. The van der Waals surface area contributed by atoms with Crippen molar-refractivity contribution in [1.29, 1.82) is 0 Å². The van der Waals surface area contributed by atoms with Gasteiger partial charge >= 0.3 is 0 Å². The first-order chi connectivity index (χ1) is 10.2. The summed E-state index contributed by atoms with van der Waals surface area (Å²) in [6.07, 6.45) is 0. The van der Waals surface area contributed by atoms with Crippen LogP contribution in [0.4, 0.5) is 0 Å². The number of benzene rings is 3. The molecule has 3 heteroatoms. The Hall–Kier alpha value is -2.94. The zero-order valence-electron chi connectivity index (χ0n) is 11.2. The number of hydrogen-bond donors (Lipinski definition) is 2. The first-order valence-electron chi connectivity index (χ1n) is 6.57. The molecule has 0 bridgehead atoms. The van der Waals surface area contributed by atoms with E-state index in [1.165, 1.54) is 0 Å². The van der Waals surface area contributed by atoms with E-state index in [4.69, 9.17) is 4.74 Å². The van der Waals surface area contributed by atoms with E-state index in [2.05, 4.69) is 0 Å². The van der Waals surface area contributed by atoms with Crippen LogP contribution in [0.5, 0.6) is 23.0 Å². The predicted molar refractivity (Wildman–Crippen MR) is 81.7 cm³/mol. The van der Waals surface area contributed by atoms with Gasteiger partial charge in [-0.05, 0) is 59.7 Å². The highest BCUT2D eigenvalue weighted by Gasteiger charge is 2.02. The summed E-state index contributed by atoms with van der Waals surface area (Å²) in [5.41, 5.74) is 1.88. The van der Waals surface area contributed by atoms with Crippen LogP contribution in [0.25, 0.3) is 11.1 Å². The Morgan fingerprint density at radius 3 is 1.95 bits per heavy atom. The second-order valence-corrected chi connectivity index (χ2v) is 4.67. The normalized spacial score (nSPS) is 10.3. The van der Waals surface area contributed by atoms with Crippen molar-refractivity contribution in [2.75, 3.05) is 0 Å². The summed E-state index contributed by atoms with van der Waals surface area (Å²) in [5.74, 6) is 1.79. The minimum Gasteiger partial charge on any atom is -0.508 e. The van der Waals surface area contributed by atoms with Gasteiger partial charge in [-0.1, -0.05) is 24.3 Å². The van der Waals surface area contributed by atoms with Gasteiger partial charge < -0.3 is 14.9 Å². The van der Waals surface area contributed by atoms with Gasteiger partial charge in [-0.3, -0.25) is 0 Å². The van der Waals surface area contributed by atoms with E-state index in [1.54, 1.807) is 42.5 Å². The molecule has 0 radical (unpaired) electrons. The zero-order chi connectivity index (χ0) is 14.7. The van der Waals surface area contributed by atoms with Crippen LogP contribution in [-0.4, -0.2) is 10.2 Å². The molecule has 2 N–H and O–H groups in total. The Morgan fingerprint density at radius 2 is 1.24 bits per heavy atom. The predicted octanol–water partition coefficient (Wildman–Crippen LogP) is 4.56. The number of phenolic OH excluding ortho intramolecular Hbond substituents is 2. The lowest BCUT2D eigenvalue weighted by Gasteiger charge is -2.08. The van der Waals surface area contributed by atoms with Crippen molar-refractivity contribution in [3.63, 3.8) is 0 Å². The van der Waals surface area contributed by atoms with E-state index in [-0.39, 0.29) is 11.5 Å². The van der Waals surface area contributed by atoms with Crippen LogP contribution >= 0.6 is 0 Å². The quantitative estimate of drug-likeness (QED) is 0.738. The van der Waals surface area contributed by atoms with Gasteiger partial charge in [-0.25, -0.2) is 0 Å². The van der Waals surface area contributed by atoms with Gasteiger partial charge in [-0.2, -0.15) is 0 Å². The zero-order valence-corrected chi connectivity index (χ0v) is 11.2. The van der Waals surface area contributed by atoms with Gasteiger partial charge in [0.2, 0.25) is 0 Å². The fourth-order valence-electron chi connectivity index (χ4n) is 2.07. The third-order valence-electron chi connectivity index (χ3n) is 3.09. The molecule has 21 heavy (non-hydrogen) atoms. The SMILES string of the molecule is Oc1ccc(Oc2cccc(-c3cccc(O)c3)c2)cc1. The van der Waals surface area contributed by atoms with E-state index in [1.807, 2.05) is 30.3 Å². The van der Waals surface area contributed by atoms with E-state index in [0.29, 0.717) is 11.5 Å². The molecule has 3 nitrogen and oxygen atoms in total. The first-order valence-corrected chi connectivity index (χ1v) is 6.57. The van der Waals surface area contributed by atoms with Crippen LogP contribution in [0, 0.1) is 0 Å². The molecule has 104 valence electrons. The third-order valence-corrected chi connectivity index (χ3v) is 3.09. The Morgan fingerprint density at radius 1 is 0.571 bits per heavy atom. The van der Waals surface area contributed by atoms with Crippen LogP contribution in [0.3, 0.4) is 0 Å². The van der Waals surface area contributed by atoms with Gasteiger partial charge in [0, 0.05) is 0 Å². The number of phenols is 2. The van der Waals surface area contributed by atoms with Gasteiger partial charge in [0.15, 0.2) is 0 Å². The van der Waals surface area contributed by atoms with Crippen LogP contribution in [-0.2, 0) is 0 Å². The van der Waals surface area contributed by atoms with Crippen molar-refractivity contribution in [1.82, 2.24) is 0 Å². The Kier molecular flexibility index (Phi) is 3.48. The highest BCUT2D eigenvalue weighted by atomic mass is 16.5. The fraction of sp³-hybridized carbons (Fsp3) is 0. The summed E-state index contributed by atoms with van der Waals surface area (Å²) >= 11 is 0. The van der Waals surface area contributed by atoms with Gasteiger partial charge in [0.25, 0.3) is 0 Å². The average molecular weight is 278 g/mol. The molecule has 3 aromatic carbocycles. The molecule has 0 aromatic heterocycles. The lowest BCUT2D eigenvalue weighted by molar-refractivity contribution is 0.464. The number of aromatic hydroxyl groups is 2. The topological polar surface area (TPSA) is 49.7 Å². The highest BCUT2D eigenvalue weighted by Crippen LogP contribution is 2.29. The van der Waals surface area contributed by atoms with Crippen molar-refractivity contribution in [3.05, 3.63) is 72.8 Å². The summed E-state index contributed by atoms with van der Waals surface area (Å²) in [4.78, 5) is 0. The Bertz CT molecular complexity index is 748. The lowest BCUT2D eigenvalue weighted by atomic mass is 10.1. The molecular weight excluding hydrogens is 264 g/mol. The van der Waals surface area contributed by atoms with Crippen molar-refractivity contribution in [2.45, 2.75) is 0 Å². The molecular formula is C18H14O3. The summed E-state index contributed by atoms with van der Waals surface area (Å²) in [5, 5.41) is 18.8. The van der Waals surface area contributed by atoms with E-state index in [0.717, 1.165) is 11.1 Å². The molecule has 0 unspecified atom stereocenters. The molecule has 0 aliphatic heterocycles. The second kappa shape index (κ2) is 5.59. The van der Waals surface area contributed by atoms with Crippen molar-refractivity contribution >= 4 is 0 Å². The minimum absolute atomic E-state index is 0.205. The summed E-state index contributed by atoms with van der Waals surface area (Å²) in [6.45, 7) is 0. The van der Waals surface area contributed by atoms with E-state index in [9.17, 15) is 10.2 Å². The largest absolute Gasteiger partial charge is 0.508 e. The molecule has 0 saturated carbocycles. The average Bonchev–Trinajstić information content (AvgIpc) is 2.50. The smallest absolute Gasteiger partial charge is 0.128 e. The molecule has 3 aromatic rings. The molecule has 0 atom stereocenters. The maximum absolute atomic E-state index is 9.55. The summed E-state index contributed by atoms with van der Waals surface area (Å²) in [6, 6.07) is 21.3. The van der Waals surface area contributed by atoms with Crippen LogP contribution in [0.1, 0.15) is 0 Å². The molecule has 0 saturated heterocycles. The lowest BCUT2D eigenvalue weighted by Crippen LogP contribution is -1.85. The number of ether oxygens (including phenoxy) is 1. The molecule has 0 fully saturated rings. The maximum atomic E-state index is 9.55. The Balaban J connectivity index is 1.88. The monoisotopic (exact) mass is 278 g/mol. The molecule has 0 aliphatic rings. The van der Waals surface area contributed by atoms with Crippen LogP contribution in [0.2, 0.25) is 0 Å². The van der Waals surface area contributed by atoms with Crippen LogP contribution < -0.4 is 4.74 Å². The van der Waals surface area contributed by atoms with E-state index < -0.39 is 0 Å². The molecule has 0 spiro atoms. The number of hydrogen-bond acceptors (Lipinski definition) is 3. The maximum Gasteiger partial charge on any atom is 0.128 e. The summed E-state index contributed by atoms with van der Waals surface area (Å²) in [7, 11) is 0. The van der Waals surface area contributed by atoms with Gasteiger partial charge in [0.05, 0.1) is 0 Å². The standard InChI is InChI=1S/C18H14O3/c19-15-7-9-17(10-8-15)21-18-6-2-4-14(12-18)13-3-1-5-16(20)11-13/h1-12,19-20H. The van der Waals surface area contributed by atoms with Gasteiger partial charge in [-0.15, -0.1) is 0 Å². The summed E-state index contributed by atoms with van der Waals surface area (Å²) < 4.78 is 5.75. The van der Waals surface area contributed by atoms with Crippen molar-refractivity contribution in [3.8, 4) is 34.1 Å². The Labute approximate surface area is 122 Å².